The summed E-state index contributed by atoms with van der Waals surface area (Å²) in [5.74, 6) is 0.435. The molecule has 0 fully saturated rings. The maximum absolute atomic E-state index is 14.0. The van der Waals surface area contributed by atoms with Crippen molar-refractivity contribution >= 4 is 0 Å². The second kappa shape index (κ2) is 4.41. The maximum atomic E-state index is 14.0. The Morgan fingerprint density at radius 2 is 2.00 bits per heavy atom. The fraction of sp³-hybridized carbons (Fsp3) is 0.600. The molecule has 2 atom stereocenters. The van der Waals surface area contributed by atoms with E-state index < -0.39 is 0 Å². The van der Waals surface area contributed by atoms with Gasteiger partial charge in [-0.15, -0.1) is 0 Å². The number of benzene rings is 1. The van der Waals surface area contributed by atoms with Crippen LogP contribution in [-0.4, -0.2) is 6.54 Å². The molecule has 2 unspecified atom stereocenters. The molecule has 1 aliphatic rings. The summed E-state index contributed by atoms with van der Waals surface area (Å²) in [6.45, 7) is 9.74. The van der Waals surface area contributed by atoms with Gasteiger partial charge in [-0.1, -0.05) is 39.8 Å². The van der Waals surface area contributed by atoms with E-state index in [9.17, 15) is 4.39 Å². The molecule has 94 valence electrons. The normalized spacial score (nSPS) is 25.2. The second-order valence-electron chi connectivity index (χ2n) is 6.32. The Bertz CT molecular complexity index is 406. The summed E-state index contributed by atoms with van der Waals surface area (Å²) >= 11 is 0. The first-order chi connectivity index (χ1) is 7.89. The molecule has 1 aliphatic heterocycles. The zero-order chi connectivity index (χ0) is 12.6. The zero-order valence-electron chi connectivity index (χ0n) is 11.2. The molecule has 2 heteroatoms. The largest absolute Gasteiger partial charge is 0.309 e. The molecule has 1 aromatic carbocycles. The third-order valence-corrected chi connectivity index (χ3v) is 3.56. The number of fused-ring (bicyclic) bond motifs is 1. The Morgan fingerprint density at radius 3 is 2.65 bits per heavy atom. The monoisotopic (exact) mass is 235 g/mol. The van der Waals surface area contributed by atoms with Crippen molar-refractivity contribution in [3.8, 4) is 0 Å². The van der Waals surface area contributed by atoms with Crippen LogP contribution in [0.4, 0.5) is 4.39 Å². The van der Waals surface area contributed by atoms with Crippen molar-refractivity contribution in [3.05, 3.63) is 35.1 Å². The summed E-state index contributed by atoms with van der Waals surface area (Å²) < 4.78 is 14.0. The van der Waals surface area contributed by atoms with Crippen molar-refractivity contribution in [2.24, 2.45) is 11.3 Å². The van der Waals surface area contributed by atoms with Gasteiger partial charge in [-0.3, -0.25) is 0 Å². The highest BCUT2D eigenvalue weighted by molar-refractivity contribution is 5.34. The summed E-state index contributed by atoms with van der Waals surface area (Å²) in [6.07, 6.45) is 0.835. The van der Waals surface area contributed by atoms with Gasteiger partial charge in [0.1, 0.15) is 5.82 Å². The van der Waals surface area contributed by atoms with Crippen LogP contribution in [-0.2, 0) is 6.42 Å². The van der Waals surface area contributed by atoms with E-state index in [-0.39, 0.29) is 17.3 Å². The van der Waals surface area contributed by atoms with Crippen molar-refractivity contribution in [3.63, 3.8) is 0 Å². The summed E-state index contributed by atoms with van der Waals surface area (Å²) in [6, 6.07) is 5.71. The van der Waals surface area contributed by atoms with Gasteiger partial charge in [0.05, 0.1) is 0 Å². The number of hydrogen-bond donors (Lipinski definition) is 1. The average molecular weight is 235 g/mol. The fourth-order valence-corrected chi connectivity index (χ4v) is 2.68. The first kappa shape index (κ1) is 12.6. The highest BCUT2D eigenvalue weighted by Crippen LogP contribution is 2.37. The molecule has 2 rings (SSSR count). The number of halogens is 1. The van der Waals surface area contributed by atoms with Gasteiger partial charge in [0, 0.05) is 6.04 Å². The summed E-state index contributed by atoms with van der Waals surface area (Å²) in [5, 5.41) is 3.59. The Balaban J connectivity index is 2.51. The standard InChI is InChI=1S/C15H22FN/c1-10-8-12-11(6-5-7-13(12)16)14(17-9-10)15(2,3)4/h5-7,10,14,17H,8-9H2,1-4H3. The quantitative estimate of drug-likeness (QED) is 0.723. The first-order valence-corrected chi connectivity index (χ1v) is 6.40. The lowest BCUT2D eigenvalue weighted by Gasteiger charge is -2.32. The lowest BCUT2D eigenvalue weighted by molar-refractivity contribution is 0.269. The topological polar surface area (TPSA) is 12.0 Å². The molecule has 1 heterocycles. The molecule has 0 amide bonds. The van der Waals surface area contributed by atoms with Gasteiger partial charge in [0.2, 0.25) is 0 Å². The predicted octanol–water partition coefficient (Wildman–Crippen LogP) is 3.69. The third-order valence-electron chi connectivity index (χ3n) is 3.56. The highest BCUT2D eigenvalue weighted by Gasteiger charge is 2.31. The molecule has 1 N–H and O–H groups in total. The smallest absolute Gasteiger partial charge is 0.126 e. The zero-order valence-corrected chi connectivity index (χ0v) is 11.2. The van der Waals surface area contributed by atoms with Crippen molar-refractivity contribution in [1.82, 2.24) is 5.32 Å². The molecule has 0 radical (unpaired) electrons. The van der Waals surface area contributed by atoms with E-state index in [0.717, 1.165) is 24.1 Å². The Labute approximate surface area is 103 Å². The van der Waals surface area contributed by atoms with Gasteiger partial charge < -0.3 is 5.32 Å². The summed E-state index contributed by atoms with van der Waals surface area (Å²) in [5.41, 5.74) is 2.15. The van der Waals surface area contributed by atoms with Gasteiger partial charge in [0.25, 0.3) is 0 Å². The van der Waals surface area contributed by atoms with Gasteiger partial charge in [-0.05, 0) is 41.5 Å². The van der Waals surface area contributed by atoms with Crippen molar-refractivity contribution in [2.45, 2.75) is 40.2 Å². The summed E-state index contributed by atoms with van der Waals surface area (Å²) in [4.78, 5) is 0. The van der Waals surface area contributed by atoms with Gasteiger partial charge in [-0.25, -0.2) is 4.39 Å². The van der Waals surface area contributed by atoms with Crippen molar-refractivity contribution in [1.29, 1.82) is 0 Å². The molecule has 0 bridgehead atoms. The van der Waals surface area contributed by atoms with Crippen LogP contribution in [0.2, 0.25) is 0 Å². The van der Waals surface area contributed by atoms with Gasteiger partial charge in [0.15, 0.2) is 0 Å². The molecule has 0 aliphatic carbocycles. The van der Waals surface area contributed by atoms with Crippen molar-refractivity contribution < 1.29 is 4.39 Å². The lowest BCUT2D eigenvalue weighted by atomic mass is 9.80. The van der Waals surface area contributed by atoms with Crippen LogP contribution in [0.1, 0.15) is 44.9 Å². The molecule has 1 nitrogen and oxygen atoms in total. The Hall–Kier alpha value is -0.890. The number of rotatable bonds is 0. The minimum atomic E-state index is -0.0488. The minimum Gasteiger partial charge on any atom is -0.309 e. The number of hydrogen-bond acceptors (Lipinski definition) is 1. The van der Waals surface area contributed by atoms with E-state index in [1.165, 1.54) is 0 Å². The Kier molecular flexibility index (Phi) is 3.26. The van der Waals surface area contributed by atoms with E-state index in [4.69, 9.17) is 0 Å². The van der Waals surface area contributed by atoms with Crippen LogP contribution < -0.4 is 5.32 Å². The SMILES string of the molecule is CC1CNC(C(C)(C)C)c2cccc(F)c2C1. The molecular weight excluding hydrogens is 213 g/mol. The number of nitrogens with one attached hydrogen (secondary N) is 1. The molecule has 0 spiro atoms. The van der Waals surface area contributed by atoms with Crippen LogP contribution in [0.5, 0.6) is 0 Å². The van der Waals surface area contributed by atoms with E-state index in [2.05, 4.69) is 39.1 Å². The highest BCUT2D eigenvalue weighted by atomic mass is 19.1. The predicted molar refractivity (Wildman–Crippen MR) is 69.5 cm³/mol. The van der Waals surface area contributed by atoms with E-state index >= 15 is 0 Å². The maximum Gasteiger partial charge on any atom is 0.126 e. The second-order valence-corrected chi connectivity index (χ2v) is 6.32. The van der Waals surface area contributed by atoms with E-state index in [1.54, 1.807) is 6.07 Å². The third kappa shape index (κ3) is 2.52. The first-order valence-electron chi connectivity index (χ1n) is 6.40. The lowest BCUT2D eigenvalue weighted by Crippen LogP contribution is -2.33. The van der Waals surface area contributed by atoms with Crippen LogP contribution in [0.25, 0.3) is 0 Å². The molecule has 0 saturated carbocycles. The van der Waals surface area contributed by atoms with Crippen LogP contribution in [0.3, 0.4) is 0 Å². The van der Waals surface area contributed by atoms with Gasteiger partial charge in [-0.2, -0.15) is 0 Å². The van der Waals surface area contributed by atoms with E-state index in [1.807, 2.05) is 6.07 Å². The fourth-order valence-electron chi connectivity index (χ4n) is 2.68. The molecule has 0 aromatic heterocycles. The minimum absolute atomic E-state index is 0.0488. The molecule has 0 saturated heterocycles. The van der Waals surface area contributed by atoms with E-state index in [0.29, 0.717) is 5.92 Å². The molecule has 17 heavy (non-hydrogen) atoms. The molecular formula is C15H22FN. The van der Waals surface area contributed by atoms with Crippen molar-refractivity contribution in [2.75, 3.05) is 6.54 Å². The van der Waals surface area contributed by atoms with Gasteiger partial charge >= 0.3 is 0 Å². The van der Waals surface area contributed by atoms with Crippen LogP contribution in [0.15, 0.2) is 18.2 Å². The summed E-state index contributed by atoms with van der Waals surface area (Å²) in [7, 11) is 0. The Morgan fingerprint density at radius 1 is 1.29 bits per heavy atom. The average Bonchev–Trinajstić information content (AvgIpc) is 2.37. The molecule has 1 aromatic rings. The van der Waals surface area contributed by atoms with Crippen LogP contribution in [0, 0.1) is 17.2 Å². The van der Waals surface area contributed by atoms with Crippen LogP contribution >= 0.6 is 0 Å².